The third-order valence-corrected chi connectivity index (χ3v) is 4.18. The standard InChI is InChI=1S/C16H18N2O2S/c1-4-13-14(9-10-15(19)20)21-16(17-13)11-5-7-12(8-6-11)18(2)3/h5-10H,4H2,1-3H3,(H,19,20)/b10-9+. The molecule has 21 heavy (non-hydrogen) atoms. The summed E-state index contributed by atoms with van der Waals surface area (Å²) in [6.45, 7) is 2.02. The topological polar surface area (TPSA) is 53.4 Å². The second-order valence-electron chi connectivity index (χ2n) is 4.80. The van der Waals surface area contributed by atoms with E-state index < -0.39 is 5.97 Å². The minimum atomic E-state index is -0.942. The van der Waals surface area contributed by atoms with Gasteiger partial charge in [-0.15, -0.1) is 11.3 Å². The highest BCUT2D eigenvalue weighted by Crippen LogP contribution is 2.30. The monoisotopic (exact) mass is 302 g/mol. The van der Waals surface area contributed by atoms with Crippen molar-refractivity contribution in [2.45, 2.75) is 13.3 Å². The maximum Gasteiger partial charge on any atom is 0.328 e. The quantitative estimate of drug-likeness (QED) is 0.858. The Labute approximate surface area is 128 Å². The van der Waals surface area contributed by atoms with Crippen molar-refractivity contribution in [2.75, 3.05) is 19.0 Å². The molecule has 0 saturated heterocycles. The van der Waals surface area contributed by atoms with Crippen LogP contribution in [0.25, 0.3) is 16.6 Å². The summed E-state index contributed by atoms with van der Waals surface area (Å²) in [6, 6.07) is 8.18. The number of hydrogen-bond donors (Lipinski definition) is 1. The van der Waals surface area contributed by atoms with Gasteiger partial charge in [0.25, 0.3) is 0 Å². The predicted octanol–water partition coefficient (Wildman–Crippen LogP) is 3.54. The first-order valence-electron chi connectivity index (χ1n) is 6.69. The Bertz CT molecular complexity index is 657. The minimum absolute atomic E-state index is 0.783. The Morgan fingerprint density at radius 1 is 1.33 bits per heavy atom. The van der Waals surface area contributed by atoms with E-state index in [2.05, 4.69) is 17.1 Å². The molecule has 1 N–H and O–H groups in total. The summed E-state index contributed by atoms with van der Waals surface area (Å²) in [5, 5.41) is 9.66. The van der Waals surface area contributed by atoms with Crippen molar-refractivity contribution in [1.82, 2.24) is 4.98 Å². The smallest absolute Gasteiger partial charge is 0.328 e. The maximum absolute atomic E-state index is 10.6. The van der Waals surface area contributed by atoms with Crippen LogP contribution in [-0.4, -0.2) is 30.2 Å². The number of aryl methyl sites for hydroxylation is 1. The van der Waals surface area contributed by atoms with Crippen molar-refractivity contribution in [2.24, 2.45) is 0 Å². The van der Waals surface area contributed by atoms with Gasteiger partial charge in [0.15, 0.2) is 0 Å². The van der Waals surface area contributed by atoms with Gasteiger partial charge < -0.3 is 10.0 Å². The molecule has 4 nitrogen and oxygen atoms in total. The zero-order valence-electron chi connectivity index (χ0n) is 12.3. The number of thiazole rings is 1. The van der Waals surface area contributed by atoms with E-state index in [1.165, 1.54) is 11.3 Å². The number of aliphatic carboxylic acids is 1. The summed E-state index contributed by atoms with van der Waals surface area (Å²) >= 11 is 1.52. The number of aromatic nitrogens is 1. The lowest BCUT2D eigenvalue weighted by Gasteiger charge is -2.11. The summed E-state index contributed by atoms with van der Waals surface area (Å²) in [4.78, 5) is 18.2. The zero-order chi connectivity index (χ0) is 15.4. The second kappa shape index (κ2) is 6.54. The lowest BCUT2D eigenvalue weighted by Crippen LogP contribution is -2.07. The molecule has 0 saturated carbocycles. The first kappa shape index (κ1) is 15.3. The summed E-state index contributed by atoms with van der Waals surface area (Å²) in [6.07, 6.45) is 3.56. The molecule has 0 aliphatic rings. The van der Waals surface area contributed by atoms with Crippen molar-refractivity contribution in [1.29, 1.82) is 0 Å². The highest BCUT2D eigenvalue weighted by molar-refractivity contribution is 7.16. The van der Waals surface area contributed by atoms with Gasteiger partial charge in [-0.1, -0.05) is 6.92 Å². The molecule has 1 aromatic heterocycles. The van der Waals surface area contributed by atoms with Gasteiger partial charge in [-0.05, 0) is 36.8 Å². The molecule has 1 aromatic carbocycles. The van der Waals surface area contributed by atoms with Crippen LogP contribution in [0.3, 0.4) is 0 Å². The zero-order valence-corrected chi connectivity index (χ0v) is 13.1. The maximum atomic E-state index is 10.6. The highest BCUT2D eigenvalue weighted by Gasteiger charge is 2.10. The Hall–Kier alpha value is -2.14. The van der Waals surface area contributed by atoms with Crippen molar-refractivity contribution in [3.63, 3.8) is 0 Å². The molecule has 0 spiro atoms. The lowest BCUT2D eigenvalue weighted by molar-refractivity contribution is -0.131. The summed E-state index contributed by atoms with van der Waals surface area (Å²) < 4.78 is 0. The number of nitrogens with zero attached hydrogens (tertiary/aromatic N) is 2. The molecule has 5 heteroatoms. The number of carbonyl (C=O) groups is 1. The molecule has 2 rings (SSSR count). The molecule has 0 aliphatic heterocycles. The summed E-state index contributed by atoms with van der Waals surface area (Å²) in [7, 11) is 4.00. The fraction of sp³-hybridized carbons (Fsp3) is 0.250. The number of anilines is 1. The van der Waals surface area contributed by atoms with Crippen LogP contribution in [0.5, 0.6) is 0 Å². The van der Waals surface area contributed by atoms with E-state index in [1.54, 1.807) is 6.08 Å². The van der Waals surface area contributed by atoms with Gasteiger partial charge in [0, 0.05) is 31.4 Å². The molecular formula is C16H18N2O2S. The van der Waals surface area contributed by atoms with Crippen LogP contribution in [0.4, 0.5) is 5.69 Å². The number of benzene rings is 1. The molecule has 2 aromatic rings. The van der Waals surface area contributed by atoms with Gasteiger partial charge >= 0.3 is 5.97 Å². The Morgan fingerprint density at radius 2 is 2.00 bits per heavy atom. The molecule has 0 atom stereocenters. The summed E-state index contributed by atoms with van der Waals surface area (Å²) in [5.74, 6) is -0.942. The number of hydrogen-bond acceptors (Lipinski definition) is 4. The van der Waals surface area contributed by atoms with Gasteiger partial charge in [0.05, 0.1) is 10.6 Å². The molecule has 0 aliphatic carbocycles. The first-order valence-corrected chi connectivity index (χ1v) is 7.51. The van der Waals surface area contributed by atoms with Crippen LogP contribution in [0, 0.1) is 0 Å². The molecule has 110 valence electrons. The highest BCUT2D eigenvalue weighted by atomic mass is 32.1. The van der Waals surface area contributed by atoms with Crippen molar-refractivity contribution in [3.8, 4) is 10.6 Å². The molecule has 0 unspecified atom stereocenters. The van der Waals surface area contributed by atoms with Crippen LogP contribution in [0.1, 0.15) is 17.5 Å². The number of carboxylic acids is 1. The van der Waals surface area contributed by atoms with Crippen LogP contribution < -0.4 is 4.90 Å². The predicted molar refractivity (Wildman–Crippen MR) is 87.9 cm³/mol. The van der Waals surface area contributed by atoms with Crippen LogP contribution in [0.2, 0.25) is 0 Å². The van der Waals surface area contributed by atoms with E-state index in [4.69, 9.17) is 5.11 Å². The van der Waals surface area contributed by atoms with E-state index in [9.17, 15) is 4.79 Å². The fourth-order valence-electron chi connectivity index (χ4n) is 1.92. The van der Waals surface area contributed by atoms with E-state index in [0.29, 0.717) is 0 Å². The molecule has 0 fully saturated rings. The van der Waals surface area contributed by atoms with Gasteiger partial charge in [0.2, 0.25) is 0 Å². The van der Waals surface area contributed by atoms with E-state index in [0.717, 1.165) is 39.3 Å². The summed E-state index contributed by atoms with van der Waals surface area (Å²) in [5.41, 5.74) is 3.12. The second-order valence-corrected chi connectivity index (χ2v) is 5.83. The number of rotatable bonds is 5. The minimum Gasteiger partial charge on any atom is -0.478 e. The molecule has 1 heterocycles. The molecule has 0 amide bonds. The Balaban J connectivity index is 2.34. The van der Waals surface area contributed by atoms with E-state index >= 15 is 0 Å². The first-order chi connectivity index (χ1) is 10.0. The van der Waals surface area contributed by atoms with E-state index in [1.807, 2.05) is 38.1 Å². The Kier molecular flexibility index (Phi) is 4.75. The van der Waals surface area contributed by atoms with Gasteiger partial charge in [0.1, 0.15) is 5.01 Å². The van der Waals surface area contributed by atoms with Crippen LogP contribution >= 0.6 is 11.3 Å². The largest absolute Gasteiger partial charge is 0.478 e. The van der Waals surface area contributed by atoms with Crippen LogP contribution in [0.15, 0.2) is 30.3 Å². The van der Waals surface area contributed by atoms with Gasteiger partial charge in [-0.3, -0.25) is 0 Å². The number of carboxylic acid groups (broad SMARTS) is 1. The Morgan fingerprint density at radius 3 is 2.52 bits per heavy atom. The lowest BCUT2D eigenvalue weighted by atomic mass is 10.2. The van der Waals surface area contributed by atoms with Crippen molar-refractivity contribution < 1.29 is 9.90 Å². The third-order valence-electron chi connectivity index (χ3n) is 3.07. The molecular weight excluding hydrogens is 284 g/mol. The average Bonchev–Trinajstić information content (AvgIpc) is 2.88. The van der Waals surface area contributed by atoms with Gasteiger partial charge in [-0.2, -0.15) is 0 Å². The molecule has 0 bridgehead atoms. The third kappa shape index (κ3) is 3.70. The van der Waals surface area contributed by atoms with Crippen molar-refractivity contribution >= 4 is 29.1 Å². The van der Waals surface area contributed by atoms with Crippen LogP contribution in [-0.2, 0) is 11.2 Å². The van der Waals surface area contributed by atoms with Gasteiger partial charge in [-0.25, -0.2) is 9.78 Å². The van der Waals surface area contributed by atoms with E-state index in [-0.39, 0.29) is 0 Å². The van der Waals surface area contributed by atoms with Crippen molar-refractivity contribution in [3.05, 3.63) is 40.9 Å². The SMILES string of the molecule is CCc1nc(-c2ccc(N(C)C)cc2)sc1/C=C/C(=O)O. The normalized spacial score (nSPS) is 11.0. The fourth-order valence-corrected chi connectivity index (χ4v) is 2.98. The average molecular weight is 302 g/mol. The molecule has 0 radical (unpaired) electrons.